The first-order chi connectivity index (χ1) is 7.27. The number of hydrogen-bond donors (Lipinski definition) is 2. The molecule has 0 aromatic carbocycles. The average molecular weight is 226 g/mol. The van der Waals surface area contributed by atoms with Gasteiger partial charge in [0, 0.05) is 18.1 Å². The van der Waals surface area contributed by atoms with E-state index in [4.69, 9.17) is 6.42 Å². The molecule has 1 heterocycles. The van der Waals surface area contributed by atoms with Crippen LogP contribution in [0.1, 0.15) is 19.8 Å². The molecule has 0 saturated carbocycles. The first kappa shape index (κ1) is 12.4. The molecule has 84 valence electrons. The quantitative estimate of drug-likeness (QED) is 0.690. The second-order valence-electron chi connectivity index (χ2n) is 3.60. The fraction of sp³-hybridized carbons (Fsp3) is 0.727. The molecule has 0 aromatic heterocycles. The Morgan fingerprint density at radius 2 is 2.60 bits per heavy atom. The number of hydrogen-bond acceptors (Lipinski definition) is 3. The highest BCUT2D eigenvalue weighted by atomic mass is 32.2. The Balaban J connectivity index is 2.36. The molecule has 15 heavy (non-hydrogen) atoms. The molecular weight excluding hydrogens is 208 g/mol. The average Bonchev–Trinajstić information content (AvgIpc) is 2.29. The van der Waals surface area contributed by atoms with Crippen molar-refractivity contribution in [2.24, 2.45) is 0 Å². The third kappa shape index (κ3) is 4.15. The van der Waals surface area contributed by atoms with Crippen molar-refractivity contribution >= 4 is 17.7 Å². The molecule has 2 unspecified atom stereocenters. The van der Waals surface area contributed by atoms with Gasteiger partial charge in [-0.2, -0.15) is 11.8 Å². The van der Waals surface area contributed by atoms with Gasteiger partial charge in [-0.25, -0.2) is 0 Å². The molecule has 3 nitrogen and oxygen atoms in total. The molecule has 1 amide bonds. The van der Waals surface area contributed by atoms with Gasteiger partial charge in [0.15, 0.2) is 0 Å². The van der Waals surface area contributed by atoms with Crippen LogP contribution in [0.2, 0.25) is 0 Å². The summed E-state index contributed by atoms with van der Waals surface area (Å²) in [5, 5.41) is 6.08. The van der Waals surface area contributed by atoms with Crippen LogP contribution < -0.4 is 10.6 Å². The van der Waals surface area contributed by atoms with Crippen molar-refractivity contribution in [3.8, 4) is 12.3 Å². The Morgan fingerprint density at radius 3 is 3.13 bits per heavy atom. The zero-order chi connectivity index (χ0) is 11.1. The number of carbonyl (C=O) groups excluding carboxylic acids is 1. The van der Waals surface area contributed by atoms with E-state index in [0.29, 0.717) is 0 Å². The third-order valence-corrected chi connectivity index (χ3v) is 3.40. The lowest BCUT2D eigenvalue weighted by molar-refractivity contribution is -0.123. The topological polar surface area (TPSA) is 41.1 Å². The van der Waals surface area contributed by atoms with Gasteiger partial charge in [-0.3, -0.25) is 4.79 Å². The van der Waals surface area contributed by atoms with Crippen molar-refractivity contribution < 1.29 is 4.79 Å². The minimum absolute atomic E-state index is 0.0404. The summed E-state index contributed by atoms with van der Waals surface area (Å²) in [6.07, 6.45) is 7.18. The molecule has 0 aliphatic carbocycles. The molecule has 0 aromatic rings. The maximum Gasteiger partial charge on any atom is 0.238 e. The predicted molar refractivity (Wildman–Crippen MR) is 64.8 cm³/mol. The first-order valence-electron chi connectivity index (χ1n) is 5.35. The van der Waals surface area contributed by atoms with E-state index in [9.17, 15) is 4.79 Å². The molecule has 1 fully saturated rings. The van der Waals surface area contributed by atoms with Crippen LogP contribution in [0.15, 0.2) is 0 Å². The summed E-state index contributed by atoms with van der Waals surface area (Å²) in [6.45, 7) is 2.96. The summed E-state index contributed by atoms with van der Waals surface area (Å²) in [5.41, 5.74) is 0. The molecule has 4 heteroatoms. The van der Waals surface area contributed by atoms with Crippen LogP contribution in [-0.2, 0) is 4.79 Å². The van der Waals surface area contributed by atoms with Crippen LogP contribution in [0.5, 0.6) is 0 Å². The van der Waals surface area contributed by atoms with Gasteiger partial charge in [0.25, 0.3) is 0 Å². The standard InChI is InChI=1S/C11H18N2OS/c1-3-5-9(4-2)13-11(14)10-8-15-7-6-12-10/h2,9-10,12H,3,5-8H2,1H3,(H,13,14). The van der Waals surface area contributed by atoms with Gasteiger partial charge in [-0.1, -0.05) is 19.3 Å². The van der Waals surface area contributed by atoms with Crippen LogP contribution in [0.25, 0.3) is 0 Å². The molecule has 1 aliphatic rings. The lowest BCUT2D eigenvalue weighted by atomic mass is 10.1. The number of rotatable bonds is 4. The number of terminal acetylenes is 1. The fourth-order valence-corrected chi connectivity index (χ4v) is 2.43. The SMILES string of the molecule is C#CC(CCC)NC(=O)C1CSCCN1. The van der Waals surface area contributed by atoms with E-state index in [-0.39, 0.29) is 18.0 Å². The maximum absolute atomic E-state index is 11.8. The summed E-state index contributed by atoms with van der Waals surface area (Å²) in [6, 6.07) is -0.187. The van der Waals surface area contributed by atoms with Crippen LogP contribution in [-0.4, -0.2) is 36.0 Å². The number of carbonyl (C=O) groups is 1. The zero-order valence-corrected chi connectivity index (χ0v) is 9.90. The molecule has 0 radical (unpaired) electrons. The molecule has 0 spiro atoms. The van der Waals surface area contributed by atoms with Crippen LogP contribution >= 0.6 is 11.8 Å². The summed E-state index contributed by atoms with van der Waals surface area (Å²) in [5.74, 6) is 4.57. The van der Waals surface area contributed by atoms with Crippen molar-refractivity contribution in [3.05, 3.63) is 0 Å². The third-order valence-electron chi connectivity index (χ3n) is 2.33. The van der Waals surface area contributed by atoms with Gasteiger partial charge >= 0.3 is 0 Å². The Morgan fingerprint density at radius 1 is 1.80 bits per heavy atom. The number of nitrogens with one attached hydrogen (secondary N) is 2. The van der Waals surface area contributed by atoms with Crippen LogP contribution in [0.3, 0.4) is 0 Å². The first-order valence-corrected chi connectivity index (χ1v) is 6.51. The lowest BCUT2D eigenvalue weighted by Crippen LogP contribution is -2.51. The van der Waals surface area contributed by atoms with Crippen molar-refractivity contribution in [1.29, 1.82) is 0 Å². The van der Waals surface area contributed by atoms with E-state index in [1.807, 2.05) is 0 Å². The summed E-state index contributed by atoms with van der Waals surface area (Å²) >= 11 is 1.80. The largest absolute Gasteiger partial charge is 0.341 e. The Labute approximate surface area is 95.8 Å². The van der Waals surface area contributed by atoms with E-state index in [1.54, 1.807) is 11.8 Å². The minimum Gasteiger partial charge on any atom is -0.341 e. The van der Waals surface area contributed by atoms with Gasteiger partial charge in [0.1, 0.15) is 0 Å². The van der Waals surface area contributed by atoms with Gasteiger partial charge in [-0.15, -0.1) is 6.42 Å². The highest BCUT2D eigenvalue weighted by Gasteiger charge is 2.22. The van der Waals surface area contributed by atoms with E-state index in [1.165, 1.54) is 0 Å². The molecular formula is C11H18N2OS. The van der Waals surface area contributed by atoms with Gasteiger partial charge < -0.3 is 10.6 Å². The Bertz CT molecular complexity index is 243. The molecule has 1 aliphatic heterocycles. The summed E-state index contributed by atoms with van der Waals surface area (Å²) in [7, 11) is 0. The number of thioether (sulfide) groups is 1. The van der Waals surface area contributed by atoms with Gasteiger partial charge in [-0.05, 0) is 6.42 Å². The smallest absolute Gasteiger partial charge is 0.238 e. The van der Waals surface area contributed by atoms with E-state index < -0.39 is 0 Å². The Kier molecular flexibility index (Phi) is 5.59. The monoisotopic (exact) mass is 226 g/mol. The van der Waals surface area contributed by atoms with E-state index in [2.05, 4.69) is 23.5 Å². The number of amides is 1. The molecule has 2 atom stereocenters. The van der Waals surface area contributed by atoms with Gasteiger partial charge in [0.05, 0.1) is 12.1 Å². The van der Waals surface area contributed by atoms with Crippen molar-refractivity contribution in [2.75, 3.05) is 18.1 Å². The molecule has 1 saturated heterocycles. The van der Waals surface area contributed by atoms with E-state index >= 15 is 0 Å². The summed E-state index contributed by atoms with van der Waals surface area (Å²) in [4.78, 5) is 11.8. The van der Waals surface area contributed by atoms with Crippen molar-refractivity contribution in [2.45, 2.75) is 31.8 Å². The van der Waals surface area contributed by atoms with E-state index in [0.717, 1.165) is 30.9 Å². The predicted octanol–water partition coefficient (Wildman–Crippen LogP) is 0.610. The minimum atomic E-state index is -0.115. The zero-order valence-electron chi connectivity index (χ0n) is 9.08. The van der Waals surface area contributed by atoms with Gasteiger partial charge in [0.2, 0.25) is 5.91 Å². The normalized spacial score (nSPS) is 22.8. The van der Waals surface area contributed by atoms with Crippen molar-refractivity contribution in [3.63, 3.8) is 0 Å². The molecule has 2 N–H and O–H groups in total. The Hall–Kier alpha value is -0.660. The fourth-order valence-electron chi connectivity index (χ4n) is 1.49. The molecule has 0 bridgehead atoms. The van der Waals surface area contributed by atoms with Crippen LogP contribution in [0, 0.1) is 12.3 Å². The maximum atomic E-state index is 11.8. The van der Waals surface area contributed by atoms with Crippen molar-refractivity contribution in [1.82, 2.24) is 10.6 Å². The second-order valence-corrected chi connectivity index (χ2v) is 4.75. The second kappa shape index (κ2) is 6.76. The summed E-state index contributed by atoms with van der Waals surface area (Å²) < 4.78 is 0. The highest BCUT2D eigenvalue weighted by molar-refractivity contribution is 7.99. The van der Waals surface area contributed by atoms with Crippen LogP contribution in [0.4, 0.5) is 0 Å². The molecule has 1 rings (SSSR count). The lowest BCUT2D eigenvalue weighted by Gasteiger charge is -2.23. The highest BCUT2D eigenvalue weighted by Crippen LogP contribution is 2.08.